The van der Waals surface area contributed by atoms with Crippen LogP contribution in [0.2, 0.25) is 0 Å². The summed E-state index contributed by atoms with van der Waals surface area (Å²) in [4.78, 5) is 61.1. The molecule has 2 fully saturated rings. The molecule has 154 valence electrons. The summed E-state index contributed by atoms with van der Waals surface area (Å²) in [5.74, 6) is -2.93. The van der Waals surface area contributed by atoms with Crippen LogP contribution in [0.1, 0.15) is 48.5 Å². The van der Waals surface area contributed by atoms with Crippen molar-refractivity contribution in [3.63, 3.8) is 0 Å². The van der Waals surface area contributed by atoms with Crippen LogP contribution in [-0.2, 0) is 19.1 Å². The number of likely N-dealkylation sites (tertiary alicyclic amines) is 1. The van der Waals surface area contributed by atoms with E-state index in [0.717, 1.165) is 23.8 Å². The number of esters is 1. The molecule has 3 atom stereocenters. The minimum Gasteiger partial charge on any atom is -0.456 e. The SMILES string of the molecule is Cc1ccc(C(=O)COC(=O)[C@H](C)N2C(=O)[C@H]3CCCC[C@H]3C2=O)cc1[N+](=O)[O-]. The van der Waals surface area contributed by atoms with Crippen molar-refractivity contribution in [1.29, 1.82) is 0 Å². The van der Waals surface area contributed by atoms with E-state index < -0.39 is 29.3 Å². The van der Waals surface area contributed by atoms with E-state index in [4.69, 9.17) is 4.74 Å². The third-order valence-corrected chi connectivity index (χ3v) is 5.68. The molecule has 2 aliphatic rings. The number of ether oxygens (including phenoxy) is 1. The second-order valence-electron chi connectivity index (χ2n) is 7.51. The maximum Gasteiger partial charge on any atom is 0.329 e. The van der Waals surface area contributed by atoms with Gasteiger partial charge in [0.15, 0.2) is 6.61 Å². The summed E-state index contributed by atoms with van der Waals surface area (Å²) in [7, 11) is 0. The average Bonchev–Trinajstić information content (AvgIpc) is 2.96. The van der Waals surface area contributed by atoms with Crippen LogP contribution in [0.3, 0.4) is 0 Å². The number of benzene rings is 1. The number of nitrogens with zero attached hydrogens (tertiary/aromatic N) is 2. The Morgan fingerprint density at radius 2 is 1.79 bits per heavy atom. The molecular weight excluding hydrogens is 380 g/mol. The van der Waals surface area contributed by atoms with Gasteiger partial charge in [-0.2, -0.15) is 0 Å². The van der Waals surface area contributed by atoms with E-state index in [1.165, 1.54) is 19.1 Å². The summed E-state index contributed by atoms with van der Waals surface area (Å²) < 4.78 is 5.01. The zero-order valence-corrected chi connectivity index (χ0v) is 16.3. The molecule has 1 aromatic rings. The third-order valence-electron chi connectivity index (χ3n) is 5.68. The van der Waals surface area contributed by atoms with Gasteiger partial charge in [-0.15, -0.1) is 0 Å². The Kier molecular flexibility index (Phi) is 5.76. The molecule has 3 rings (SSSR count). The molecule has 0 aromatic heterocycles. The van der Waals surface area contributed by atoms with Crippen molar-refractivity contribution in [3.8, 4) is 0 Å². The fourth-order valence-electron chi connectivity index (χ4n) is 4.00. The first kappa shape index (κ1) is 20.6. The van der Waals surface area contributed by atoms with Crippen LogP contribution in [0.4, 0.5) is 5.69 Å². The smallest absolute Gasteiger partial charge is 0.329 e. The number of rotatable bonds is 6. The quantitative estimate of drug-likeness (QED) is 0.235. The summed E-state index contributed by atoms with van der Waals surface area (Å²) in [6.45, 7) is 2.32. The van der Waals surface area contributed by atoms with E-state index in [1.54, 1.807) is 6.92 Å². The molecule has 1 saturated carbocycles. The number of aryl methyl sites for hydroxylation is 1. The Labute approximate surface area is 167 Å². The number of ketones is 1. The van der Waals surface area contributed by atoms with Crippen molar-refractivity contribution in [2.24, 2.45) is 11.8 Å². The normalized spacial score (nSPS) is 22.2. The Bertz CT molecular complexity index is 871. The number of imide groups is 1. The lowest BCUT2D eigenvalue weighted by atomic mass is 9.81. The molecule has 9 nitrogen and oxygen atoms in total. The minimum atomic E-state index is -1.12. The van der Waals surface area contributed by atoms with Gasteiger partial charge in [-0.05, 0) is 26.7 Å². The predicted octanol–water partition coefficient (Wildman–Crippen LogP) is 2.19. The Balaban J connectivity index is 1.64. The number of carbonyl (C=O) groups is 4. The van der Waals surface area contributed by atoms with Crippen molar-refractivity contribution in [2.45, 2.75) is 45.6 Å². The van der Waals surface area contributed by atoms with Gasteiger partial charge < -0.3 is 4.74 Å². The monoisotopic (exact) mass is 402 g/mol. The Morgan fingerprint density at radius 3 is 2.34 bits per heavy atom. The lowest BCUT2D eigenvalue weighted by Crippen LogP contribution is -2.44. The Hall–Kier alpha value is -3.10. The van der Waals surface area contributed by atoms with Crippen LogP contribution in [0.5, 0.6) is 0 Å². The molecule has 1 aromatic carbocycles. The van der Waals surface area contributed by atoms with Gasteiger partial charge in [0.25, 0.3) is 5.69 Å². The standard InChI is InChI=1S/C20H22N2O7/c1-11-7-8-13(9-16(11)22(27)28)17(23)10-29-20(26)12(2)21-18(24)14-5-3-4-6-15(14)19(21)25/h7-9,12,14-15H,3-6,10H2,1-2H3/t12-,14-,15+/m0/s1. The van der Waals surface area contributed by atoms with Gasteiger partial charge in [-0.1, -0.05) is 25.0 Å². The van der Waals surface area contributed by atoms with Crippen LogP contribution in [0.25, 0.3) is 0 Å². The topological polar surface area (TPSA) is 124 Å². The number of carbonyl (C=O) groups excluding carboxylic acids is 4. The molecule has 1 saturated heterocycles. The number of Topliss-reactive ketones (excluding diaryl/α,β-unsaturated/α-hetero) is 1. The Morgan fingerprint density at radius 1 is 1.21 bits per heavy atom. The van der Waals surface area contributed by atoms with Crippen LogP contribution >= 0.6 is 0 Å². The second kappa shape index (κ2) is 8.10. The van der Waals surface area contributed by atoms with E-state index in [0.29, 0.717) is 18.4 Å². The summed E-state index contributed by atoms with van der Waals surface area (Å²) in [6.07, 6.45) is 3.03. The van der Waals surface area contributed by atoms with Crippen molar-refractivity contribution >= 4 is 29.3 Å². The van der Waals surface area contributed by atoms with Crippen molar-refractivity contribution in [3.05, 3.63) is 39.4 Å². The summed E-state index contributed by atoms with van der Waals surface area (Å²) in [5, 5.41) is 11.0. The summed E-state index contributed by atoms with van der Waals surface area (Å²) in [6, 6.07) is 2.87. The number of nitro benzene ring substituents is 1. The van der Waals surface area contributed by atoms with E-state index >= 15 is 0 Å². The summed E-state index contributed by atoms with van der Waals surface area (Å²) in [5.41, 5.74) is 0.248. The van der Waals surface area contributed by atoms with E-state index in [-0.39, 0.29) is 34.9 Å². The highest BCUT2D eigenvalue weighted by Crippen LogP contribution is 2.38. The van der Waals surface area contributed by atoms with Gasteiger partial charge >= 0.3 is 5.97 Å². The first-order valence-corrected chi connectivity index (χ1v) is 9.54. The lowest BCUT2D eigenvalue weighted by molar-refractivity contribution is -0.385. The van der Waals surface area contributed by atoms with Gasteiger partial charge in [0, 0.05) is 17.2 Å². The molecule has 2 amide bonds. The van der Waals surface area contributed by atoms with E-state index in [1.807, 2.05) is 0 Å². The molecule has 9 heteroatoms. The van der Waals surface area contributed by atoms with Crippen LogP contribution in [0.15, 0.2) is 18.2 Å². The minimum absolute atomic E-state index is 0.0436. The van der Waals surface area contributed by atoms with E-state index in [9.17, 15) is 29.3 Å². The van der Waals surface area contributed by atoms with Crippen molar-refractivity contribution in [2.75, 3.05) is 6.61 Å². The second-order valence-corrected chi connectivity index (χ2v) is 7.51. The molecule has 0 unspecified atom stereocenters. The van der Waals surface area contributed by atoms with Crippen LogP contribution in [-0.4, -0.2) is 46.0 Å². The molecule has 0 bridgehead atoms. The maximum absolute atomic E-state index is 12.6. The average molecular weight is 402 g/mol. The first-order chi connectivity index (χ1) is 13.7. The van der Waals surface area contributed by atoms with Gasteiger partial charge in [-0.3, -0.25) is 29.4 Å². The van der Waals surface area contributed by atoms with Crippen molar-refractivity contribution < 1.29 is 28.8 Å². The van der Waals surface area contributed by atoms with Gasteiger partial charge in [0.05, 0.1) is 16.8 Å². The van der Waals surface area contributed by atoms with Crippen LogP contribution < -0.4 is 0 Å². The molecule has 1 aliphatic heterocycles. The zero-order chi connectivity index (χ0) is 21.3. The maximum atomic E-state index is 12.6. The number of amides is 2. The van der Waals surface area contributed by atoms with Crippen molar-refractivity contribution in [1.82, 2.24) is 4.90 Å². The fourth-order valence-corrected chi connectivity index (χ4v) is 4.00. The highest BCUT2D eigenvalue weighted by molar-refractivity contribution is 6.08. The fraction of sp³-hybridized carbons (Fsp3) is 0.500. The first-order valence-electron chi connectivity index (χ1n) is 9.54. The molecule has 0 spiro atoms. The van der Waals surface area contributed by atoms with Gasteiger partial charge in [-0.25, -0.2) is 4.79 Å². The molecule has 0 N–H and O–H groups in total. The van der Waals surface area contributed by atoms with Gasteiger partial charge in [0.1, 0.15) is 6.04 Å². The molecule has 1 aliphatic carbocycles. The number of hydrogen-bond donors (Lipinski definition) is 0. The molecule has 1 heterocycles. The number of fused-ring (bicyclic) bond motifs is 1. The number of hydrogen-bond acceptors (Lipinski definition) is 7. The molecule has 0 radical (unpaired) electrons. The van der Waals surface area contributed by atoms with E-state index in [2.05, 4.69) is 0 Å². The predicted molar refractivity (Wildman–Crippen MR) is 99.9 cm³/mol. The molecule has 29 heavy (non-hydrogen) atoms. The van der Waals surface area contributed by atoms with Crippen LogP contribution in [0, 0.1) is 28.9 Å². The number of nitro groups is 1. The highest BCUT2D eigenvalue weighted by atomic mass is 16.6. The van der Waals surface area contributed by atoms with Gasteiger partial charge in [0.2, 0.25) is 17.6 Å². The third kappa shape index (κ3) is 3.90. The largest absolute Gasteiger partial charge is 0.456 e. The lowest BCUT2D eigenvalue weighted by Gasteiger charge is -2.21. The summed E-state index contributed by atoms with van der Waals surface area (Å²) >= 11 is 0. The molecular formula is C20H22N2O7. The zero-order valence-electron chi connectivity index (χ0n) is 16.3. The highest BCUT2D eigenvalue weighted by Gasteiger charge is 2.51.